The Morgan fingerprint density at radius 1 is 0.452 bits per heavy atom. The predicted octanol–water partition coefficient (Wildman–Crippen LogP) is 4.52. The van der Waals surface area contributed by atoms with E-state index >= 15 is 0 Å². The summed E-state index contributed by atoms with van der Waals surface area (Å²) in [4.78, 5) is 44.1. The molecule has 0 rings (SSSR count). The molecule has 8 nitrogen and oxygen atoms in total. The molecule has 0 aromatic carbocycles. The van der Waals surface area contributed by atoms with Crippen LogP contribution in [0, 0.1) is 0 Å². The number of carbonyl (C=O) groups is 4. The molecule has 0 N–H and O–H groups in total. The molecule has 0 saturated heterocycles. The first-order valence-electron chi connectivity index (χ1n) is 11.5. The molecular formula is C23H42O8. The number of rotatable bonds is 17. The molecule has 0 amide bonds. The third-order valence-corrected chi connectivity index (χ3v) is 3.93. The summed E-state index contributed by atoms with van der Waals surface area (Å²) in [7, 11) is 0. The van der Waals surface area contributed by atoms with Crippen molar-refractivity contribution in [3.8, 4) is 0 Å². The molecule has 0 fully saturated rings. The van der Waals surface area contributed by atoms with Gasteiger partial charge in [0, 0.05) is 12.8 Å². The predicted molar refractivity (Wildman–Crippen MR) is 117 cm³/mol. The number of carbonyl (C=O) groups excluding carboxylic acids is 4. The van der Waals surface area contributed by atoms with Gasteiger partial charge >= 0.3 is 23.9 Å². The van der Waals surface area contributed by atoms with Gasteiger partial charge in [-0.2, -0.15) is 0 Å². The Morgan fingerprint density at radius 2 is 0.806 bits per heavy atom. The van der Waals surface area contributed by atoms with E-state index in [1.807, 2.05) is 0 Å². The smallest absolute Gasteiger partial charge is 0.306 e. The molecule has 0 aromatic rings. The van der Waals surface area contributed by atoms with Gasteiger partial charge in [-0.1, -0.05) is 39.5 Å². The van der Waals surface area contributed by atoms with Crippen LogP contribution in [0.2, 0.25) is 0 Å². The van der Waals surface area contributed by atoms with Crippen molar-refractivity contribution in [2.45, 2.75) is 98.3 Å². The minimum absolute atomic E-state index is 0.104. The fourth-order valence-electron chi connectivity index (χ4n) is 2.27. The zero-order valence-corrected chi connectivity index (χ0v) is 19.9. The molecule has 0 radical (unpaired) electrons. The van der Waals surface area contributed by atoms with E-state index in [2.05, 4.69) is 23.3 Å². The van der Waals surface area contributed by atoms with Crippen LogP contribution < -0.4 is 0 Å². The molecule has 8 heteroatoms. The van der Waals surface area contributed by atoms with E-state index in [0.717, 1.165) is 38.5 Å². The SMILES string of the molecule is CCCCCOC(=O)CCCC(=O)OCCCCC.CCOC(=O)CCC(=O)OCC. The number of hydrogen-bond donors (Lipinski definition) is 0. The maximum atomic E-state index is 11.3. The van der Waals surface area contributed by atoms with Crippen LogP contribution in [-0.4, -0.2) is 50.3 Å². The first-order chi connectivity index (χ1) is 14.9. The highest BCUT2D eigenvalue weighted by atomic mass is 16.5. The van der Waals surface area contributed by atoms with Gasteiger partial charge in [0.25, 0.3) is 0 Å². The van der Waals surface area contributed by atoms with E-state index < -0.39 is 0 Å². The third kappa shape index (κ3) is 25.8. The van der Waals surface area contributed by atoms with Gasteiger partial charge in [0.1, 0.15) is 0 Å². The van der Waals surface area contributed by atoms with Gasteiger partial charge in [-0.05, 0) is 33.1 Å². The monoisotopic (exact) mass is 446 g/mol. The average Bonchev–Trinajstić information content (AvgIpc) is 2.74. The standard InChI is InChI=1S/C15H28O4.C8H14O4/c1-3-5-7-12-18-14(16)10-9-11-15(17)19-13-8-6-4-2;1-3-11-7(9)5-6-8(10)12-4-2/h3-13H2,1-2H3;3-6H2,1-2H3. The number of hydrogen-bond acceptors (Lipinski definition) is 8. The van der Waals surface area contributed by atoms with Crippen LogP contribution >= 0.6 is 0 Å². The molecular weight excluding hydrogens is 404 g/mol. The summed E-state index contributed by atoms with van der Waals surface area (Å²) < 4.78 is 19.3. The molecule has 0 heterocycles. The van der Waals surface area contributed by atoms with Gasteiger partial charge in [0.2, 0.25) is 0 Å². The quantitative estimate of drug-likeness (QED) is 0.182. The first kappa shape index (κ1) is 31.1. The maximum absolute atomic E-state index is 11.3. The molecule has 0 atom stereocenters. The van der Waals surface area contributed by atoms with Gasteiger partial charge in [-0.25, -0.2) is 0 Å². The van der Waals surface area contributed by atoms with Crippen molar-refractivity contribution in [2.75, 3.05) is 26.4 Å². The minimum Gasteiger partial charge on any atom is -0.466 e. The van der Waals surface area contributed by atoms with Crippen molar-refractivity contribution in [3.63, 3.8) is 0 Å². The van der Waals surface area contributed by atoms with E-state index in [4.69, 9.17) is 9.47 Å². The molecule has 0 aliphatic carbocycles. The largest absolute Gasteiger partial charge is 0.466 e. The summed E-state index contributed by atoms with van der Waals surface area (Å²) in [5.74, 6) is -1.14. The van der Waals surface area contributed by atoms with Crippen LogP contribution in [0.3, 0.4) is 0 Å². The molecule has 0 unspecified atom stereocenters. The minimum atomic E-state index is -0.356. The zero-order valence-electron chi connectivity index (χ0n) is 19.9. The van der Waals surface area contributed by atoms with Gasteiger partial charge < -0.3 is 18.9 Å². The summed E-state index contributed by atoms with van der Waals surface area (Å²) in [6, 6.07) is 0. The summed E-state index contributed by atoms with van der Waals surface area (Å²) in [6.45, 7) is 9.35. The Hall–Kier alpha value is -2.12. The molecule has 31 heavy (non-hydrogen) atoms. The van der Waals surface area contributed by atoms with E-state index in [9.17, 15) is 19.2 Å². The molecule has 0 saturated carbocycles. The summed E-state index contributed by atoms with van der Waals surface area (Å²) in [6.07, 6.45) is 7.55. The van der Waals surface area contributed by atoms with Gasteiger partial charge in [-0.15, -0.1) is 0 Å². The van der Waals surface area contributed by atoms with Crippen LogP contribution in [0.25, 0.3) is 0 Å². The summed E-state index contributed by atoms with van der Waals surface area (Å²) in [5, 5.41) is 0. The van der Waals surface area contributed by atoms with Crippen LogP contribution in [0.15, 0.2) is 0 Å². The van der Waals surface area contributed by atoms with Gasteiger partial charge in [0.05, 0.1) is 39.3 Å². The second-order valence-corrected chi connectivity index (χ2v) is 6.82. The first-order valence-corrected chi connectivity index (χ1v) is 11.5. The van der Waals surface area contributed by atoms with E-state index in [-0.39, 0.29) is 36.7 Å². The lowest BCUT2D eigenvalue weighted by atomic mass is 10.2. The van der Waals surface area contributed by atoms with Crippen LogP contribution in [0.4, 0.5) is 0 Å². The van der Waals surface area contributed by atoms with Crippen LogP contribution in [0.5, 0.6) is 0 Å². The van der Waals surface area contributed by atoms with Gasteiger partial charge in [-0.3, -0.25) is 19.2 Å². The number of unbranched alkanes of at least 4 members (excludes halogenated alkanes) is 4. The van der Waals surface area contributed by atoms with Crippen LogP contribution in [-0.2, 0) is 38.1 Å². The van der Waals surface area contributed by atoms with Crippen molar-refractivity contribution >= 4 is 23.9 Å². The third-order valence-electron chi connectivity index (χ3n) is 3.93. The molecule has 0 spiro atoms. The van der Waals surface area contributed by atoms with Crippen molar-refractivity contribution < 1.29 is 38.1 Å². The van der Waals surface area contributed by atoms with Crippen molar-refractivity contribution in [3.05, 3.63) is 0 Å². The topological polar surface area (TPSA) is 105 Å². The highest BCUT2D eigenvalue weighted by molar-refractivity contribution is 5.77. The highest BCUT2D eigenvalue weighted by Gasteiger charge is 2.08. The Bertz CT molecular complexity index is 434. The fourth-order valence-corrected chi connectivity index (χ4v) is 2.27. The Kier molecular flexibility index (Phi) is 24.2. The lowest BCUT2D eigenvalue weighted by Gasteiger charge is -2.05. The van der Waals surface area contributed by atoms with Crippen molar-refractivity contribution in [1.82, 2.24) is 0 Å². The van der Waals surface area contributed by atoms with Crippen molar-refractivity contribution in [1.29, 1.82) is 0 Å². The Labute approximate surface area is 187 Å². The average molecular weight is 447 g/mol. The van der Waals surface area contributed by atoms with Crippen LogP contribution in [0.1, 0.15) is 98.3 Å². The maximum Gasteiger partial charge on any atom is 0.306 e. The van der Waals surface area contributed by atoms with Crippen molar-refractivity contribution in [2.24, 2.45) is 0 Å². The molecule has 0 aliphatic heterocycles. The summed E-state index contributed by atoms with van der Waals surface area (Å²) in [5.41, 5.74) is 0. The molecule has 0 aromatic heterocycles. The van der Waals surface area contributed by atoms with E-state index in [1.54, 1.807) is 13.8 Å². The highest BCUT2D eigenvalue weighted by Crippen LogP contribution is 2.03. The molecule has 182 valence electrons. The second kappa shape index (κ2) is 24.2. The molecule has 0 aliphatic rings. The normalized spacial score (nSPS) is 9.81. The zero-order chi connectivity index (χ0) is 23.7. The van der Waals surface area contributed by atoms with E-state index in [0.29, 0.717) is 45.7 Å². The number of ether oxygens (including phenoxy) is 4. The summed E-state index contributed by atoms with van der Waals surface area (Å²) >= 11 is 0. The van der Waals surface area contributed by atoms with Gasteiger partial charge in [0.15, 0.2) is 0 Å². The lowest BCUT2D eigenvalue weighted by molar-refractivity contribution is -0.149. The lowest BCUT2D eigenvalue weighted by Crippen LogP contribution is -2.09. The second-order valence-electron chi connectivity index (χ2n) is 6.82. The Balaban J connectivity index is 0. The number of esters is 4. The fraction of sp³-hybridized carbons (Fsp3) is 0.826. The van der Waals surface area contributed by atoms with E-state index in [1.165, 1.54) is 0 Å². The molecule has 0 bridgehead atoms. The Morgan fingerprint density at radius 3 is 1.13 bits per heavy atom.